The molecule has 142 valence electrons. The first-order valence-electron chi connectivity index (χ1n) is 8.75. The third kappa shape index (κ3) is 3.55. The summed E-state index contributed by atoms with van der Waals surface area (Å²) in [7, 11) is 1.66. The fourth-order valence-corrected chi connectivity index (χ4v) is 4.88. The highest BCUT2D eigenvalue weighted by Crippen LogP contribution is 2.35. The molecule has 0 spiro atoms. The lowest BCUT2D eigenvalue weighted by Crippen LogP contribution is -2.32. The van der Waals surface area contributed by atoms with Gasteiger partial charge in [-0.05, 0) is 41.6 Å². The number of nitrogens with two attached hydrogens (primary N) is 1. The molecule has 2 atom stereocenters. The van der Waals surface area contributed by atoms with Crippen molar-refractivity contribution >= 4 is 39.7 Å². The van der Waals surface area contributed by atoms with Crippen LogP contribution in [0.15, 0.2) is 48.5 Å². The number of ether oxygens (including phenoxy) is 1. The standard InChI is InChI=1S/C21H22N2O2S.ClH/c1-13-16-10-15(25-2)8-9-19(16)26-20(13)21(24)23-11-17(18(22)12-23)14-6-4-3-5-7-14;/h3-10,17-18H,11-12,22H2,1-2H3;1H/t17-,18+;/m0./s1. The van der Waals surface area contributed by atoms with Gasteiger partial charge in [-0.25, -0.2) is 0 Å². The number of methoxy groups -OCH3 is 1. The third-order valence-electron chi connectivity index (χ3n) is 5.22. The Hall–Kier alpha value is -2.08. The lowest BCUT2D eigenvalue weighted by atomic mass is 9.95. The normalized spacial score (nSPS) is 19.1. The number of aryl methyl sites for hydroxylation is 1. The molecule has 0 unspecified atom stereocenters. The maximum atomic E-state index is 13.2. The number of likely N-dealkylation sites (tertiary alicyclic amines) is 1. The molecule has 6 heteroatoms. The van der Waals surface area contributed by atoms with Crippen molar-refractivity contribution in [1.82, 2.24) is 4.90 Å². The largest absolute Gasteiger partial charge is 0.497 e. The van der Waals surface area contributed by atoms with Crippen LogP contribution in [0, 0.1) is 6.92 Å². The number of thiophene rings is 1. The molecule has 2 heterocycles. The number of amides is 1. The van der Waals surface area contributed by atoms with Crippen molar-refractivity contribution in [3.63, 3.8) is 0 Å². The van der Waals surface area contributed by atoms with Gasteiger partial charge in [0.05, 0.1) is 12.0 Å². The molecule has 4 rings (SSSR count). The predicted octanol–water partition coefficient (Wildman–Crippen LogP) is 4.21. The number of halogens is 1. The van der Waals surface area contributed by atoms with Crippen molar-refractivity contribution in [3.8, 4) is 5.75 Å². The predicted molar refractivity (Wildman–Crippen MR) is 113 cm³/mol. The first-order valence-corrected chi connectivity index (χ1v) is 9.57. The molecule has 1 fully saturated rings. The quantitative estimate of drug-likeness (QED) is 0.714. The van der Waals surface area contributed by atoms with Gasteiger partial charge >= 0.3 is 0 Å². The maximum Gasteiger partial charge on any atom is 0.264 e. The Balaban J connectivity index is 0.00000210. The second kappa shape index (κ2) is 7.89. The van der Waals surface area contributed by atoms with Crippen LogP contribution < -0.4 is 10.5 Å². The summed E-state index contributed by atoms with van der Waals surface area (Å²) in [6.07, 6.45) is 0. The van der Waals surface area contributed by atoms with E-state index in [1.807, 2.05) is 48.2 Å². The number of hydrogen-bond acceptors (Lipinski definition) is 4. The zero-order valence-corrected chi connectivity index (χ0v) is 17.0. The van der Waals surface area contributed by atoms with Gasteiger partial charge in [0.25, 0.3) is 5.91 Å². The van der Waals surface area contributed by atoms with E-state index >= 15 is 0 Å². The lowest BCUT2D eigenvalue weighted by Gasteiger charge is -2.16. The average molecular weight is 403 g/mol. The SMILES string of the molecule is COc1ccc2sc(C(=O)N3C[C@@H](N)[C@H](c4ccccc4)C3)c(C)c2c1.Cl. The van der Waals surface area contributed by atoms with E-state index in [1.165, 1.54) is 5.56 Å². The highest BCUT2D eigenvalue weighted by molar-refractivity contribution is 7.21. The van der Waals surface area contributed by atoms with Crippen LogP contribution in [0.25, 0.3) is 10.1 Å². The van der Waals surface area contributed by atoms with Gasteiger partial charge in [0.15, 0.2) is 0 Å². The van der Waals surface area contributed by atoms with Crippen LogP contribution >= 0.6 is 23.7 Å². The molecule has 1 saturated heterocycles. The molecule has 1 aromatic heterocycles. The highest BCUT2D eigenvalue weighted by Gasteiger charge is 2.35. The van der Waals surface area contributed by atoms with Gasteiger partial charge in [-0.15, -0.1) is 23.7 Å². The van der Waals surface area contributed by atoms with Crippen molar-refractivity contribution < 1.29 is 9.53 Å². The Kier molecular flexibility index (Phi) is 5.75. The summed E-state index contributed by atoms with van der Waals surface area (Å²) >= 11 is 1.55. The topological polar surface area (TPSA) is 55.6 Å². The summed E-state index contributed by atoms with van der Waals surface area (Å²) in [5.41, 5.74) is 8.58. The molecule has 2 N–H and O–H groups in total. The minimum Gasteiger partial charge on any atom is -0.497 e. The van der Waals surface area contributed by atoms with E-state index in [2.05, 4.69) is 12.1 Å². The van der Waals surface area contributed by atoms with E-state index in [9.17, 15) is 4.79 Å². The molecular formula is C21H23ClN2O2S. The smallest absolute Gasteiger partial charge is 0.264 e. The van der Waals surface area contributed by atoms with Crippen molar-refractivity contribution in [2.75, 3.05) is 20.2 Å². The molecule has 3 aromatic rings. The zero-order chi connectivity index (χ0) is 18.3. The fourth-order valence-electron chi connectivity index (χ4n) is 3.72. The summed E-state index contributed by atoms with van der Waals surface area (Å²) < 4.78 is 6.42. The van der Waals surface area contributed by atoms with Crippen LogP contribution in [0.1, 0.15) is 26.7 Å². The van der Waals surface area contributed by atoms with Crippen LogP contribution in [-0.4, -0.2) is 37.0 Å². The first-order chi connectivity index (χ1) is 12.6. The molecular weight excluding hydrogens is 380 g/mol. The van der Waals surface area contributed by atoms with Gasteiger partial charge in [-0.3, -0.25) is 4.79 Å². The second-order valence-electron chi connectivity index (χ2n) is 6.81. The van der Waals surface area contributed by atoms with Crippen LogP contribution in [0.4, 0.5) is 0 Å². The van der Waals surface area contributed by atoms with Gasteiger partial charge in [-0.1, -0.05) is 30.3 Å². The van der Waals surface area contributed by atoms with Gasteiger partial charge < -0.3 is 15.4 Å². The lowest BCUT2D eigenvalue weighted by molar-refractivity contribution is 0.0793. The number of fused-ring (bicyclic) bond motifs is 1. The van der Waals surface area contributed by atoms with Crippen LogP contribution in [-0.2, 0) is 0 Å². The number of carbonyl (C=O) groups is 1. The zero-order valence-electron chi connectivity index (χ0n) is 15.3. The average Bonchev–Trinajstić information content (AvgIpc) is 3.22. The van der Waals surface area contributed by atoms with Gasteiger partial charge in [0.2, 0.25) is 0 Å². The maximum absolute atomic E-state index is 13.2. The molecule has 27 heavy (non-hydrogen) atoms. The Morgan fingerprint density at radius 3 is 2.63 bits per heavy atom. The summed E-state index contributed by atoms with van der Waals surface area (Å²) in [4.78, 5) is 15.9. The summed E-state index contributed by atoms with van der Waals surface area (Å²) in [5, 5.41) is 1.08. The highest BCUT2D eigenvalue weighted by atomic mass is 35.5. The Bertz CT molecular complexity index is 957. The van der Waals surface area contributed by atoms with Gasteiger partial charge in [0.1, 0.15) is 5.75 Å². The monoisotopic (exact) mass is 402 g/mol. The summed E-state index contributed by atoms with van der Waals surface area (Å²) in [6.45, 7) is 3.27. The number of carbonyl (C=O) groups excluding carboxylic acids is 1. The minimum atomic E-state index is -0.0314. The van der Waals surface area contributed by atoms with Crippen molar-refractivity contribution in [3.05, 3.63) is 64.5 Å². The molecule has 2 aromatic carbocycles. The third-order valence-corrected chi connectivity index (χ3v) is 6.48. The Morgan fingerprint density at radius 2 is 1.93 bits per heavy atom. The summed E-state index contributed by atoms with van der Waals surface area (Å²) in [6, 6.07) is 16.2. The van der Waals surface area contributed by atoms with E-state index in [4.69, 9.17) is 10.5 Å². The number of benzene rings is 2. The first kappa shape index (κ1) is 19.7. The van der Waals surface area contributed by atoms with Crippen LogP contribution in [0.2, 0.25) is 0 Å². The number of hydrogen-bond donors (Lipinski definition) is 1. The molecule has 1 amide bonds. The minimum absolute atomic E-state index is 0. The van der Waals surface area contributed by atoms with E-state index < -0.39 is 0 Å². The van der Waals surface area contributed by atoms with Gasteiger partial charge in [0, 0.05) is 29.7 Å². The molecule has 1 aliphatic heterocycles. The summed E-state index contributed by atoms with van der Waals surface area (Å²) in [5.74, 6) is 1.08. The molecule has 4 nitrogen and oxygen atoms in total. The van der Waals surface area contributed by atoms with Gasteiger partial charge in [-0.2, -0.15) is 0 Å². The van der Waals surface area contributed by atoms with E-state index in [-0.39, 0.29) is 30.3 Å². The Labute approximate surface area is 169 Å². The number of nitrogens with zero attached hydrogens (tertiary/aromatic N) is 1. The molecule has 0 radical (unpaired) electrons. The van der Waals surface area contributed by atoms with Crippen molar-refractivity contribution in [2.45, 2.75) is 18.9 Å². The van der Waals surface area contributed by atoms with Crippen LogP contribution in [0.5, 0.6) is 5.75 Å². The van der Waals surface area contributed by atoms with Crippen molar-refractivity contribution in [2.24, 2.45) is 5.73 Å². The molecule has 0 saturated carbocycles. The second-order valence-corrected chi connectivity index (χ2v) is 7.86. The van der Waals surface area contributed by atoms with E-state index in [1.54, 1.807) is 18.4 Å². The van der Waals surface area contributed by atoms with E-state index in [0.717, 1.165) is 26.3 Å². The molecule has 1 aliphatic rings. The molecule has 0 bridgehead atoms. The van der Waals surface area contributed by atoms with Crippen LogP contribution in [0.3, 0.4) is 0 Å². The van der Waals surface area contributed by atoms with E-state index in [0.29, 0.717) is 13.1 Å². The number of rotatable bonds is 3. The Morgan fingerprint density at radius 1 is 1.19 bits per heavy atom. The molecule has 0 aliphatic carbocycles. The fraction of sp³-hybridized carbons (Fsp3) is 0.286. The van der Waals surface area contributed by atoms with Crippen molar-refractivity contribution in [1.29, 1.82) is 0 Å².